The average molecular weight is 449 g/mol. The fourth-order valence-electron chi connectivity index (χ4n) is 2.84. The highest BCUT2D eigenvalue weighted by atomic mass is 35.5. The van der Waals surface area contributed by atoms with Crippen LogP contribution in [-0.2, 0) is 11.3 Å². The lowest BCUT2D eigenvalue weighted by Crippen LogP contribution is -2.40. The van der Waals surface area contributed by atoms with Crippen molar-refractivity contribution in [1.29, 1.82) is 0 Å². The molecule has 0 aliphatic carbocycles. The summed E-state index contributed by atoms with van der Waals surface area (Å²) in [6.07, 6.45) is 0.655. The van der Waals surface area contributed by atoms with E-state index >= 15 is 0 Å². The second kappa shape index (κ2) is 10.1. The van der Waals surface area contributed by atoms with E-state index in [1.165, 1.54) is 0 Å². The molecule has 1 amide bonds. The first-order valence-electron chi connectivity index (χ1n) is 9.28. The first-order valence-corrected chi connectivity index (χ1v) is 10.9. The molecule has 0 aliphatic rings. The Morgan fingerprint density at radius 3 is 2.55 bits per heavy atom. The summed E-state index contributed by atoms with van der Waals surface area (Å²) in [5.41, 5.74) is 1.71. The van der Waals surface area contributed by atoms with Gasteiger partial charge in [0, 0.05) is 17.6 Å². The van der Waals surface area contributed by atoms with Crippen LogP contribution in [0.1, 0.15) is 25.8 Å². The van der Waals surface area contributed by atoms with Gasteiger partial charge in [0.2, 0.25) is 11.2 Å². The molecule has 3 aromatic rings. The summed E-state index contributed by atoms with van der Waals surface area (Å²) in [4.78, 5) is 22.4. The standard InChI is InChI=1S/C21H22Cl2N4OS/c1-13(2)10-17(20(28)24-12-14-5-7-15(22)8-6-14)25-19-11-16(26-21(23)27-19)18-4-3-9-29-18/h3-9,11,13,17H,10,12H2,1-2H3,(H,24,28)(H,25,26,27). The van der Waals surface area contributed by atoms with Crippen molar-refractivity contribution >= 4 is 46.3 Å². The van der Waals surface area contributed by atoms with Gasteiger partial charge in [0.25, 0.3) is 0 Å². The zero-order chi connectivity index (χ0) is 20.8. The quantitative estimate of drug-likeness (QED) is 0.436. The van der Waals surface area contributed by atoms with Crippen LogP contribution in [0.4, 0.5) is 5.82 Å². The summed E-state index contributed by atoms with van der Waals surface area (Å²) in [5, 5.41) is 9.00. The number of rotatable bonds is 8. The van der Waals surface area contributed by atoms with Gasteiger partial charge in [-0.3, -0.25) is 4.79 Å². The third kappa shape index (κ3) is 6.42. The number of carbonyl (C=O) groups is 1. The molecular formula is C21H22Cl2N4OS. The van der Waals surface area contributed by atoms with Crippen LogP contribution in [-0.4, -0.2) is 21.9 Å². The van der Waals surface area contributed by atoms with Crippen molar-refractivity contribution in [1.82, 2.24) is 15.3 Å². The summed E-state index contributed by atoms with van der Waals surface area (Å²) in [7, 11) is 0. The fourth-order valence-corrected chi connectivity index (χ4v) is 3.83. The summed E-state index contributed by atoms with van der Waals surface area (Å²) >= 11 is 13.6. The van der Waals surface area contributed by atoms with E-state index in [-0.39, 0.29) is 11.2 Å². The third-order valence-electron chi connectivity index (χ3n) is 4.20. The summed E-state index contributed by atoms with van der Waals surface area (Å²) in [6, 6.07) is 12.7. The van der Waals surface area contributed by atoms with Crippen molar-refractivity contribution < 1.29 is 4.79 Å². The molecule has 2 heterocycles. The number of nitrogens with one attached hydrogen (secondary N) is 2. The highest BCUT2D eigenvalue weighted by molar-refractivity contribution is 7.13. The van der Waals surface area contributed by atoms with Gasteiger partial charge < -0.3 is 10.6 Å². The molecule has 0 bridgehead atoms. The normalized spacial score (nSPS) is 12.0. The van der Waals surface area contributed by atoms with Gasteiger partial charge in [0.15, 0.2) is 0 Å². The van der Waals surface area contributed by atoms with Crippen LogP contribution < -0.4 is 10.6 Å². The largest absolute Gasteiger partial charge is 0.358 e. The summed E-state index contributed by atoms with van der Waals surface area (Å²) < 4.78 is 0. The van der Waals surface area contributed by atoms with Crippen molar-refractivity contribution in [3.8, 4) is 10.6 Å². The van der Waals surface area contributed by atoms with Crippen molar-refractivity contribution in [2.24, 2.45) is 5.92 Å². The molecule has 0 fully saturated rings. The molecule has 1 unspecified atom stereocenters. The van der Waals surface area contributed by atoms with Crippen LogP contribution in [0.3, 0.4) is 0 Å². The Balaban J connectivity index is 1.73. The maximum absolute atomic E-state index is 12.8. The van der Waals surface area contributed by atoms with Crippen molar-refractivity contribution in [2.45, 2.75) is 32.9 Å². The van der Waals surface area contributed by atoms with Crippen LogP contribution >= 0.6 is 34.5 Å². The minimum atomic E-state index is -0.440. The number of hydrogen-bond donors (Lipinski definition) is 2. The van der Waals surface area contributed by atoms with E-state index < -0.39 is 6.04 Å². The molecule has 29 heavy (non-hydrogen) atoms. The number of anilines is 1. The SMILES string of the molecule is CC(C)CC(Nc1cc(-c2cccs2)nc(Cl)n1)C(=O)NCc1ccc(Cl)cc1. The summed E-state index contributed by atoms with van der Waals surface area (Å²) in [5.74, 6) is 0.754. The lowest BCUT2D eigenvalue weighted by molar-refractivity contribution is -0.122. The van der Waals surface area contributed by atoms with E-state index in [1.54, 1.807) is 11.3 Å². The van der Waals surface area contributed by atoms with Crippen LogP contribution in [0.5, 0.6) is 0 Å². The van der Waals surface area contributed by atoms with E-state index in [0.717, 1.165) is 16.1 Å². The number of nitrogens with zero attached hydrogens (tertiary/aromatic N) is 2. The zero-order valence-corrected chi connectivity index (χ0v) is 18.5. The molecule has 8 heteroatoms. The number of aromatic nitrogens is 2. The molecule has 0 radical (unpaired) electrons. The molecule has 0 aliphatic heterocycles. The number of halogens is 2. The zero-order valence-electron chi connectivity index (χ0n) is 16.2. The van der Waals surface area contributed by atoms with Gasteiger partial charge in [-0.15, -0.1) is 11.3 Å². The van der Waals surface area contributed by atoms with Gasteiger partial charge >= 0.3 is 0 Å². The van der Waals surface area contributed by atoms with Crippen LogP contribution in [0.2, 0.25) is 10.3 Å². The highest BCUT2D eigenvalue weighted by Crippen LogP contribution is 2.26. The molecule has 5 nitrogen and oxygen atoms in total. The van der Waals surface area contributed by atoms with Crippen LogP contribution in [0.25, 0.3) is 10.6 Å². The minimum absolute atomic E-state index is 0.0962. The Bertz CT molecular complexity index is 946. The van der Waals surface area contributed by atoms with Gasteiger partial charge in [-0.05, 0) is 53.1 Å². The molecule has 152 valence electrons. The third-order valence-corrected chi connectivity index (χ3v) is 5.51. The van der Waals surface area contributed by atoms with Crippen LogP contribution in [0.15, 0.2) is 47.8 Å². The monoisotopic (exact) mass is 448 g/mol. The van der Waals surface area contributed by atoms with Gasteiger partial charge in [0.1, 0.15) is 11.9 Å². The van der Waals surface area contributed by atoms with Crippen molar-refractivity contribution in [2.75, 3.05) is 5.32 Å². The lowest BCUT2D eigenvalue weighted by atomic mass is 10.0. The molecule has 2 N–H and O–H groups in total. The Hall–Kier alpha value is -2.15. The van der Waals surface area contributed by atoms with E-state index in [0.29, 0.717) is 29.7 Å². The first kappa shape index (κ1) is 21.6. The predicted octanol–water partition coefficient (Wildman–Crippen LogP) is 5.65. The maximum Gasteiger partial charge on any atom is 0.242 e. The molecule has 1 atom stereocenters. The van der Waals surface area contributed by atoms with Crippen molar-refractivity contribution in [3.05, 3.63) is 63.7 Å². The van der Waals surface area contributed by atoms with E-state index in [1.807, 2.05) is 47.8 Å². The molecule has 3 rings (SSSR count). The van der Waals surface area contributed by atoms with E-state index in [4.69, 9.17) is 23.2 Å². The molecule has 0 saturated carbocycles. The topological polar surface area (TPSA) is 66.9 Å². The first-order chi connectivity index (χ1) is 13.9. The van der Waals surface area contributed by atoms with E-state index in [9.17, 15) is 4.79 Å². The second-order valence-electron chi connectivity index (χ2n) is 7.06. The van der Waals surface area contributed by atoms with Gasteiger partial charge in [0.05, 0.1) is 10.6 Å². The van der Waals surface area contributed by atoms with Crippen LogP contribution in [0, 0.1) is 5.92 Å². The van der Waals surface area contributed by atoms with Crippen molar-refractivity contribution in [3.63, 3.8) is 0 Å². The number of benzene rings is 1. The molecule has 1 aromatic carbocycles. The Labute approximate surface area is 184 Å². The number of hydrogen-bond acceptors (Lipinski definition) is 5. The number of carbonyl (C=O) groups excluding carboxylic acids is 1. The highest BCUT2D eigenvalue weighted by Gasteiger charge is 2.21. The van der Waals surface area contributed by atoms with Gasteiger partial charge in [-0.2, -0.15) is 0 Å². The second-order valence-corrected chi connectivity index (χ2v) is 8.78. The Morgan fingerprint density at radius 1 is 1.14 bits per heavy atom. The fraction of sp³-hybridized carbons (Fsp3) is 0.286. The lowest BCUT2D eigenvalue weighted by Gasteiger charge is -2.21. The Morgan fingerprint density at radius 2 is 1.90 bits per heavy atom. The molecule has 0 saturated heterocycles. The van der Waals surface area contributed by atoms with Gasteiger partial charge in [-0.25, -0.2) is 9.97 Å². The predicted molar refractivity (Wildman–Crippen MR) is 121 cm³/mol. The summed E-state index contributed by atoms with van der Waals surface area (Å²) in [6.45, 7) is 4.58. The van der Waals surface area contributed by atoms with E-state index in [2.05, 4.69) is 34.4 Å². The van der Waals surface area contributed by atoms with Gasteiger partial charge in [-0.1, -0.05) is 43.6 Å². The molecular weight excluding hydrogens is 427 g/mol. The smallest absolute Gasteiger partial charge is 0.242 e. The average Bonchev–Trinajstić information content (AvgIpc) is 3.21. The number of amides is 1. The molecule has 0 spiro atoms. The number of thiophene rings is 1. The Kier molecular flexibility index (Phi) is 7.47. The maximum atomic E-state index is 12.8. The molecule has 2 aromatic heterocycles. The minimum Gasteiger partial charge on any atom is -0.358 e.